The summed E-state index contributed by atoms with van der Waals surface area (Å²) in [5.74, 6) is 1.75. The van der Waals surface area contributed by atoms with Crippen LogP contribution in [0.5, 0.6) is 5.75 Å². The molecule has 0 saturated carbocycles. The molecule has 0 radical (unpaired) electrons. The SMILES string of the molecule is CN=C(NCCCOC(C)C)NCC(c1cccc(OC)c1)N1CCCC1.I. The van der Waals surface area contributed by atoms with Crippen molar-refractivity contribution in [2.45, 2.75) is 45.3 Å². The Morgan fingerprint density at radius 2 is 1.96 bits per heavy atom. The molecule has 1 aromatic carbocycles. The van der Waals surface area contributed by atoms with Gasteiger partial charge >= 0.3 is 0 Å². The Labute approximate surface area is 187 Å². The fourth-order valence-electron chi connectivity index (χ4n) is 3.37. The fourth-order valence-corrected chi connectivity index (χ4v) is 3.37. The number of methoxy groups -OCH3 is 1. The van der Waals surface area contributed by atoms with Crippen LogP contribution in [0.2, 0.25) is 0 Å². The molecule has 1 fully saturated rings. The lowest BCUT2D eigenvalue weighted by Gasteiger charge is -2.29. The Morgan fingerprint density at radius 3 is 2.61 bits per heavy atom. The van der Waals surface area contributed by atoms with Crippen LogP contribution in [0.3, 0.4) is 0 Å². The molecule has 0 aromatic heterocycles. The lowest BCUT2D eigenvalue weighted by molar-refractivity contribution is 0.0776. The van der Waals surface area contributed by atoms with E-state index in [9.17, 15) is 0 Å². The molecule has 2 N–H and O–H groups in total. The highest BCUT2D eigenvalue weighted by Crippen LogP contribution is 2.27. The van der Waals surface area contributed by atoms with E-state index in [4.69, 9.17) is 9.47 Å². The molecule has 0 spiro atoms. The van der Waals surface area contributed by atoms with Crippen LogP contribution >= 0.6 is 24.0 Å². The normalized spacial score (nSPS) is 16.0. The van der Waals surface area contributed by atoms with Crippen LogP contribution in [-0.4, -0.2) is 63.9 Å². The van der Waals surface area contributed by atoms with E-state index in [-0.39, 0.29) is 30.1 Å². The van der Waals surface area contributed by atoms with Crippen LogP contribution in [0, 0.1) is 0 Å². The molecule has 1 aliphatic heterocycles. The van der Waals surface area contributed by atoms with Gasteiger partial charge in [0.25, 0.3) is 0 Å². The second-order valence-electron chi connectivity index (χ2n) is 7.19. The zero-order valence-corrected chi connectivity index (χ0v) is 20.1. The van der Waals surface area contributed by atoms with Crippen LogP contribution in [0.4, 0.5) is 0 Å². The lowest BCUT2D eigenvalue weighted by Crippen LogP contribution is -2.43. The van der Waals surface area contributed by atoms with E-state index in [1.807, 2.05) is 13.1 Å². The number of nitrogens with zero attached hydrogens (tertiary/aromatic N) is 2. The number of rotatable bonds is 10. The smallest absolute Gasteiger partial charge is 0.191 e. The van der Waals surface area contributed by atoms with Crippen molar-refractivity contribution in [3.63, 3.8) is 0 Å². The molecule has 2 rings (SSSR count). The average molecular weight is 504 g/mol. The van der Waals surface area contributed by atoms with Crippen molar-refractivity contribution in [1.29, 1.82) is 0 Å². The van der Waals surface area contributed by atoms with E-state index in [1.54, 1.807) is 7.11 Å². The first-order chi connectivity index (χ1) is 13.1. The molecule has 0 amide bonds. The van der Waals surface area contributed by atoms with Crippen LogP contribution in [0.15, 0.2) is 29.3 Å². The van der Waals surface area contributed by atoms with Gasteiger partial charge in [-0.15, -0.1) is 24.0 Å². The number of halogens is 1. The number of nitrogens with one attached hydrogen (secondary N) is 2. The largest absolute Gasteiger partial charge is 0.497 e. The van der Waals surface area contributed by atoms with Crippen molar-refractivity contribution in [1.82, 2.24) is 15.5 Å². The van der Waals surface area contributed by atoms with Crippen LogP contribution in [0.25, 0.3) is 0 Å². The number of likely N-dealkylation sites (tertiary alicyclic amines) is 1. The van der Waals surface area contributed by atoms with Gasteiger partial charge in [0.15, 0.2) is 5.96 Å². The maximum Gasteiger partial charge on any atom is 0.191 e. The molecule has 1 heterocycles. The Hall–Kier alpha value is -1.06. The van der Waals surface area contributed by atoms with Gasteiger partial charge in [-0.1, -0.05) is 12.1 Å². The van der Waals surface area contributed by atoms with Crippen LogP contribution < -0.4 is 15.4 Å². The summed E-state index contributed by atoms with van der Waals surface area (Å²) in [5, 5.41) is 6.88. The Morgan fingerprint density at radius 1 is 1.21 bits per heavy atom. The summed E-state index contributed by atoms with van der Waals surface area (Å²) in [5.41, 5.74) is 1.28. The first-order valence-corrected chi connectivity index (χ1v) is 10.1. The van der Waals surface area contributed by atoms with Gasteiger partial charge in [-0.25, -0.2) is 0 Å². The van der Waals surface area contributed by atoms with Crippen LogP contribution in [0.1, 0.15) is 44.7 Å². The summed E-state index contributed by atoms with van der Waals surface area (Å²) < 4.78 is 11.0. The number of hydrogen-bond donors (Lipinski definition) is 2. The first kappa shape index (κ1) is 25.0. The molecule has 28 heavy (non-hydrogen) atoms. The first-order valence-electron chi connectivity index (χ1n) is 10.1. The van der Waals surface area contributed by atoms with Gasteiger partial charge < -0.3 is 20.1 Å². The monoisotopic (exact) mass is 504 g/mol. The second-order valence-corrected chi connectivity index (χ2v) is 7.19. The van der Waals surface area contributed by atoms with Gasteiger partial charge in [-0.3, -0.25) is 9.89 Å². The van der Waals surface area contributed by atoms with Gasteiger partial charge in [0.1, 0.15) is 5.75 Å². The molecule has 0 aliphatic carbocycles. The standard InChI is InChI=1S/C21H36N4O2.HI/c1-17(2)27-14-8-11-23-21(22-3)24-16-20(25-12-5-6-13-25)18-9-7-10-19(15-18)26-4;/h7,9-10,15,17,20H,5-6,8,11-14,16H2,1-4H3,(H2,22,23,24);1H. The molecule has 160 valence electrons. The van der Waals surface area contributed by atoms with E-state index in [0.29, 0.717) is 6.04 Å². The van der Waals surface area contributed by atoms with Crippen molar-refractivity contribution in [2.75, 3.05) is 46.9 Å². The maximum atomic E-state index is 5.58. The minimum Gasteiger partial charge on any atom is -0.497 e. The van der Waals surface area contributed by atoms with Crippen molar-refractivity contribution in [3.05, 3.63) is 29.8 Å². The highest BCUT2D eigenvalue weighted by Gasteiger charge is 2.24. The lowest BCUT2D eigenvalue weighted by atomic mass is 10.1. The number of hydrogen-bond acceptors (Lipinski definition) is 4. The molecule has 1 unspecified atom stereocenters. The Kier molecular flexibility index (Phi) is 12.5. The summed E-state index contributed by atoms with van der Waals surface area (Å²) in [6.07, 6.45) is 3.78. The summed E-state index contributed by atoms with van der Waals surface area (Å²) in [4.78, 5) is 6.90. The van der Waals surface area contributed by atoms with Crippen molar-refractivity contribution < 1.29 is 9.47 Å². The number of benzene rings is 1. The summed E-state index contributed by atoms with van der Waals surface area (Å²) in [7, 11) is 3.54. The van der Waals surface area contributed by atoms with Crippen molar-refractivity contribution in [3.8, 4) is 5.75 Å². The van der Waals surface area contributed by atoms with Gasteiger partial charge in [0.2, 0.25) is 0 Å². The van der Waals surface area contributed by atoms with Crippen molar-refractivity contribution >= 4 is 29.9 Å². The van der Waals surface area contributed by atoms with E-state index in [1.165, 1.54) is 18.4 Å². The van der Waals surface area contributed by atoms with Crippen molar-refractivity contribution in [2.24, 2.45) is 4.99 Å². The average Bonchev–Trinajstić information content (AvgIpc) is 3.20. The Balaban J connectivity index is 0.00000392. The zero-order valence-electron chi connectivity index (χ0n) is 17.7. The van der Waals surface area contributed by atoms with Gasteiger partial charge in [-0.2, -0.15) is 0 Å². The predicted molar refractivity (Wildman–Crippen MR) is 127 cm³/mol. The predicted octanol–water partition coefficient (Wildman–Crippen LogP) is 3.43. The zero-order chi connectivity index (χ0) is 19.5. The van der Waals surface area contributed by atoms with E-state index in [0.717, 1.165) is 50.9 Å². The summed E-state index contributed by atoms with van der Waals surface area (Å²) in [6.45, 7) is 8.83. The molecule has 1 saturated heterocycles. The third-order valence-electron chi connectivity index (χ3n) is 4.81. The molecule has 6 nitrogen and oxygen atoms in total. The van der Waals surface area contributed by atoms with E-state index < -0.39 is 0 Å². The molecule has 1 aromatic rings. The van der Waals surface area contributed by atoms with Crippen LogP contribution in [-0.2, 0) is 4.74 Å². The third kappa shape index (κ3) is 8.53. The summed E-state index contributed by atoms with van der Waals surface area (Å²) >= 11 is 0. The second kappa shape index (κ2) is 14.0. The molecule has 1 atom stereocenters. The molecular weight excluding hydrogens is 467 g/mol. The Bertz CT molecular complexity index is 577. The minimum atomic E-state index is 0. The third-order valence-corrected chi connectivity index (χ3v) is 4.81. The quantitative estimate of drug-likeness (QED) is 0.221. The van der Waals surface area contributed by atoms with Gasteiger partial charge in [0, 0.05) is 26.7 Å². The molecule has 0 bridgehead atoms. The fraction of sp³-hybridized carbons (Fsp3) is 0.667. The summed E-state index contributed by atoms with van der Waals surface area (Å²) in [6, 6.07) is 8.71. The molecular formula is C21H37IN4O2. The molecule has 1 aliphatic rings. The number of aliphatic imine (C=N–C) groups is 1. The van der Waals surface area contributed by atoms with E-state index >= 15 is 0 Å². The minimum absolute atomic E-state index is 0. The highest BCUT2D eigenvalue weighted by atomic mass is 127. The maximum absolute atomic E-state index is 5.58. The highest BCUT2D eigenvalue weighted by molar-refractivity contribution is 14.0. The number of guanidine groups is 1. The van der Waals surface area contributed by atoms with Gasteiger partial charge in [0.05, 0.1) is 19.3 Å². The molecule has 7 heteroatoms. The number of ether oxygens (including phenoxy) is 2. The van der Waals surface area contributed by atoms with E-state index in [2.05, 4.69) is 52.6 Å². The topological polar surface area (TPSA) is 58.1 Å². The van der Waals surface area contributed by atoms with Gasteiger partial charge in [-0.05, 0) is 63.9 Å².